The summed E-state index contributed by atoms with van der Waals surface area (Å²) in [6.45, 7) is 0. The Labute approximate surface area is 72.2 Å². The van der Waals surface area contributed by atoms with E-state index in [0.717, 1.165) is 12.3 Å². The first-order chi connectivity index (χ1) is 5.65. The molecule has 1 heterocycles. The van der Waals surface area contributed by atoms with Crippen molar-refractivity contribution in [3.8, 4) is 0 Å². The molecule has 0 aliphatic heterocycles. The number of carbonyl (C=O) groups excluding carboxylic acids is 1. The van der Waals surface area contributed by atoms with Gasteiger partial charge in [-0.3, -0.25) is 4.79 Å². The first-order valence-corrected chi connectivity index (χ1v) is 3.41. The van der Waals surface area contributed by atoms with Crippen LogP contribution in [0.25, 0.3) is 0 Å². The molecule has 0 aliphatic carbocycles. The summed E-state index contributed by atoms with van der Waals surface area (Å²) < 4.78 is 24.3. The fourth-order valence-electron chi connectivity index (χ4n) is 0.742. The number of carbonyl (C=O) groups is 1. The van der Waals surface area contributed by atoms with Crippen LogP contribution in [0.4, 0.5) is 8.78 Å². The molecule has 0 saturated carbocycles. The molecular formula is C7H4ClF2NO. The summed E-state index contributed by atoms with van der Waals surface area (Å²) in [5.41, 5.74) is -0.514. The van der Waals surface area contributed by atoms with Crippen LogP contribution in [-0.4, -0.2) is 11.3 Å². The number of hydrogen-bond donors (Lipinski definition) is 0. The number of pyridine rings is 1. The molecule has 0 unspecified atom stereocenters. The zero-order valence-corrected chi connectivity index (χ0v) is 6.55. The fourth-order valence-corrected chi connectivity index (χ4v) is 0.908. The lowest BCUT2D eigenvalue weighted by Gasteiger charge is -2.01. The van der Waals surface area contributed by atoms with Gasteiger partial charge in [-0.2, -0.15) is 0 Å². The number of nitrogens with zero attached hydrogens (tertiary/aromatic N) is 1. The second kappa shape index (κ2) is 3.58. The predicted molar refractivity (Wildman–Crippen MR) is 39.6 cm³/mol. The topological polar surface area (TPSA) is 30.0 Å². The summed E-state index contributed by atoms with van der Waals surface area (Å²) in [7, 11) is 0. The largest absolute Gasteiger partial charge is 0.298 e. The van der Waals surface area contributed by atoms with Gasteiger partial charge >= 0.3 is 0 Å². The number of rotatable bonds is 2. The number of aromatic nitrogens is 1. The average molecular weight is 192 g/mol. The maximum Gasteiger partial charge on any atom is 0.264 e. The highest BCUT2D eigenvalue weighted by Gasteiger charge is 2.13. The van der Waals surface area contributed by atoms with Crippen LogP contribution in [0.5, 0.6) is 0 Å². The molecule has 0 radical (unpaired) electrons. The van der Waals surface area contributed by atoms with Gasteiger partial charge in [0.25, 0.3) is 6.43 Å². The highest BCUT2D eigenvalue weighted by Crippen LogP contribution is 2.23. The molecule has 0 spiro atoms. The standard InChI is InChI=1S/C7H4ClF2NO/c8-6-1-5(7(9)10)4(3-12)2-11-6/h1-3,7H. The van der Waals surface area contributed by atoms with Crippen molar-refractivity contribution in [3.05, 3.63) is 28.5 Å². The van der Waals surface area contributed by atoms with Gasteiger partial charge in [-0.05, 0) is 6.07 Å². The van der Waals surface area contributed by atoms with E-state index in [1.807, 2.05) is 0 Å². The minimum Gasteiger partial charge on any atom is -0.298 e. The summed E-state index contributed by atoms with van der Waals surface area (Å²) in [6, 6.07) is 0.982. The fraction of sp³-hybridized carbons (Fsp3) is 0.143. The van der Waals surface area contributed by atoms with Gasteiger partial charge in [0, 0.05) is 17.3 Å². The van der Waals surface area contributed by atoms with Crippen molar-refractivity contribution in [2.45, 2.75) is 6.43 Å². The highest BCUT2D eigenvalue weighted by molar-refractivity contribution is 6.29. The van der Waals surface area contributed by atoms with E-state index in [1.54, 1.807) is 0 Å². The highest BCUT2D eigenvalue weighted by atomic mass is 35.5. The van der Waals surface area contributed by atoms with Gasteiger partial charge in [0.05, 0.1) is 0 Å². The average Bonchev–Trinajstić information content (AvgIpc) is 2.04. The molecule has 64 valence electrons. The maximum atomic E-state index is 12.1. The van der Waals surface area contributed by atoms with Crippen molar-refractivity contribution < 1.29 is 13.6 Å². The number of aldehydes is 1. The molecule has 0 amide bonds. The third kappa shape index (κ3) is 1.76. The lowest BCUT2D eigenvalue weighted by Crippen LogP contribution is -1.94. The molecular weight excluding hydrogens is 188 g/mol. The quantitative estimate of drug-likeness (QED) is 0.531. The van der Waals surface area contributed by atoms with E-state index in [-0.39, 0.29) is 16.3 Å². The first kappa shape index (κ1) is 9.06. The van der Waals surface area contributed by atoms with Crippen molar-refractivity contribution in [1.82, 2.24) is 4.98 Å². The SMILES string of the molecule is O=Cc1cnc(Cl)cc1C(F)F. The van der Waals surface area contributed by atoms with Crippen LogP contribution in [0.2, 0.25) is 5.15 Å². The maximum absolute atomic E-state index is 12.1. The van der Waals surface area contributed by atoms with Gasteiger partial charge in [-0.1, -0.05) is 11.6 Å². The minimum absolute atomic E-state index is 0.0455. The molecule has 0 aliphatic rings. The third-order valence-corrected chi connectivity index (χ3v) is 1.50. The summed E-state index contributed by atoms with van der Waals surface area (Å²) in [5, 5.41) is -0.0455. The molecule has 5 heteroatoms. The van der Waals surface area contributed by atoms with Gasteiger partial charge < -0.3 is 0 Å². The number of alkyl halides is 2. The third-order valence-electron chi connectivity index (χ3n) is 1.30. The molecule has 1 aromatic rings. The van der Waals surface area contributed by atoms with Crippen LogP contribution < -0.4 is 0 Å². The molecule has 0 aromatic carbocycles. The second-order valence-corrected chi connectivity index (χ2v) is 2.44. The molecule has 2 nitrogen and oxygen atoms in total. The minimum atomic E-state index is -2.70. The van der Waals surface area contributed by atoms with Crippen molar-refractivity contribution in [2.75, 3.05) is 0 Å². The normalized spacial score (nSPS) is 10.3. The van der Waals surface area contributed by atoms with Crippen molar-refractivity contribution in [3.63, 3.8) is 0 Å². The van der Waals surface area contributed by atoms with Gasteiger partial charge in [0.2, 0.25) is 0 Å². The summed E-state index contributed by atoms with van der Waals surface area (Å²) in [4.78, 5) is 13.7. The van der Waals surface area contributed by atoms with Crippen LogP contribution in [0.3, 0.4) is 0 Å². The number of halogens is 3. The van der Waals surface area contributed by atoms with E-state index >= 15 is 0 Å². The van der Waals surface area contributed by atoms with Crippen LogP contribution in [0, 0.1) is 0 Å². The monoisotopic (exact) mass is 191 g/mol. The molecule has 1 rings (SSSR count). The predicted octanol–water partition coefficient (Wildman–Crippen LogP) is 2.49. The summed E-state index contributed by atoms with van der Waals surface area (Å²) in [5.74, 6) is 0. The second-order valence-electron chi connectivity index (χ2n) is 2.05. The Bertz CT molecular complexity index is 303. The Morgan fingerprint density at radius 2 is 2.25 bits per heavy atom. The molecule has 0 N–H and O–H groups in total. The van der Waals surface area contributed by atoms with Crippen LogP contribution in [-0.2, 0) is 0 Å². The Balaban J connectivity index is 3.21. The van der Waals surface area contributed by atoms with Gasteiger partial charge in [-0.25, -0.2) is 13.8 Å². The number of hydrogen-bond acceptors (Lipinski definition) is 2. The van der Waals surface area contributed by atoms with Crippen LogP contribution in [0.15, 0.2) is 12.3 Å². The van der Waals surface area contributed by atoms with E-state index in [0.29, 0.717) is 6.29 Å². The smallest absolute Gasteiger partial charge is 0.264 e. The molecule has 0 bridgehead atoms. The first-order valence-electron chi connectivity index (χ1n) is 3.04. The Hall–Kier alpha value is -1.03. The zero-order chi connectivity index (χ0) is 9.14. The van der Waals surface area contributed by atoms with Crippen LogP contribution in [0.1, 0.15) is 22.3 Å². The van der Waals surface area contributed by atoms with Gasteiger partial charge in [0.15, 0.2) is 6.29 Å². The Morgan fingerprint density at radius 1 is 1.58 bits per heavy atom. The molecule has 0 saturated heterocycles. The molecule has 12 heavy (non-hydrogen) atoms. The zero-order valence-electron chi connectivity index (χ0n) is 5.80. The van der Waals surface area contributed by atoms with Gasteiger partial charge in [0.1, 0.15) is 5.15 Å². The van der Waals surface area contributed by atoms with E-state index in [4.69, 9.17) is 11.6 Å². The van der Waals surface area contributed by atoms with Crippen LogP contribution >= 0.6 is 11.6 Å². The van der Waals surface area contributed by atoms with E-state index in [2.05, 4.69) is 4.98 Å². The van der Waals surface area contributed by atoms with E-state index in [1.165, 1.54) is 0 Å². The molecule has 1 aromatic heterocycles. The summed E-state index contributed by atoms with van der Waals surface area (Å²) in [6.07, 6.45) is -1.35. The van der Waals surface area contributed by atoms with Crippen molar-refractivity contribution >= 4 is 17.9 Å². The Kier molecular flexibility index (Phi) is 2.70. The lowest BCUT2D eigenvalue weighted by molar-refractivity contribution is 0.110. The van der Waals surface area contributed by atoms with Gasteiger partial charge in [-0.15, -0.1) is 0 Å². The van der Waals surface area contributed by atoms with Crippen molar-refractivity contribution in [1.29, 1.82) is 0 Å². The molecule has 0 atom stereocenters. The lowest BCUT2D eigenvalue weighted by atomic mass is 10.2. The van der Waals surface area contributed by atoms with E-state index < -0.39 is 6.43 Å². The Morgan fingerprint density at radius 3 is 2.75 bits per heavy atom. The van der Waals surface area contributed by atoms with Crippen molar-refractivity contribution in [2.24, 2.45) is 0 Å². The summed E-state index contributed by atoms with van der Waals surface area (Å²) >= 11 is 5.36. The molecule has 0 fully saturated rings. The van der Waals surface area contributed by atoms with E-state index in [9.17, 15) is 13.6 Å².